The van der Waals surface area contributed by atoms with Crippen LogP contribution in [0.2, 0.25) is 0 Å². The number of hydrogen-bond acceptors (Lipinski definition) is 4. The summed E-state index contributed by atoms with van der Waals surface area (Å²) in [6.07, 6.45) is 1.71. The van der Waals surface area contributed by atoms with Crippen LogP contribution in [-0.4, -0.2) is 15.4 Å². The normalized spacial score (nSPS) is 10.6. The molecule has 7 nitrogen and oxygen atoms in total. The van der Waals surface area contributed by atoms with E-state index in [-0.39, 0.29) is 18.2 Å². The van der Waals surface area contributed by atoms with Gasteiger partial charge in [0.15, 0.2) is 0 Å². The van der Waals surface area contributed by atoms with Crippen LogP contribution < -0.4 is 20.9 Å². The zero-order chi connectivity index (χ0) is 21.8. The number of pyridine rings is 1. The second-order valence-corrected chi connectivity index (χ2v) is 7.20. The topological polar surface area (TPSA) is 84.7 Å². The largest absolute Gasteiger partial charge is 0.485 e. The SMILES string of the molecule is Cc1ccn2c(=O)cc(COc3ccccc3NC(=O)Nc3ccccc3C)nc2c1. The first-order valence-electron chi connectivity index (χ1n) is 9.84. The number of nitrogens with one attached hydrogen (secondary N) is 2. The number of carbonyl (C=O) groups excluding carboxylic acids is 1. The zero-order valence-corrected chi connectivity index (χ0v) is 17.3. The molecule has 2 amide bonds. The molecule has 0 saturated heterocycles. The molecule has 0 fully saturated rings. The molecule has 156 valence electrons. The highest BCUT2D eigenvalue weighted by atomic mass is 16.5. The molecular formula is C24H22N4O3. The second kappa shape index (κ2) is 8.71. The Bertz CT molecular complexity index is 1310. The van der Waals surface area contributed by atoms with Gasteiger partial charge in [-0.15, -0.1) is 0 Å². The van der Waals surface area contributed by atoms with Gasteiger partial charge in [0, 0.05) is 18.0 Å². The number of amides is 2. The third-order valence-corrected chi connectivity index (χ3v) is 4.78. The van der Waals surface area contributed by atoms with Gasteiger partial charge in [0.2, 0.25) is 0 Å². The van der Waals surface area contributed by atoms with Crippen LogP contribution in [0.25, 0.3) is 5.65 Å². The van der Waals surface area contributed by atoms with Crippen LogP contribution in [0.5, 0.6) is 5.75 Å². The van der Waals surface area contributed by atoms with E-state index in [4.69, 9.17) is 4.74 Å². The van der Waals surface area contributed by atoms with E-state index in [0.29, 0.717) is 22.8 Å². The molecule has 0 radical (unpaired) electrons. The van der Waals surface area contributed by atoms with Crippen molar-refractivity contribution in [1.82, 2.24) is 9.38 Å². The average molecular weight is 414 g/mol. The summed E-state index contributed by atoms with van der Waals surface area (Å²) < 4.78 is 7.37. The summed E-state index contributed by atoms with van der Waals surface area (Å²) in [5, 5.41) is 5.64. The van der Waals surface area contributed by atoms with Gasteiger partial charge in [-0.05, 0) is 55.3 Å². The molecule has 0 unspecified atom stereocenters. The summed E-state index contributed by atoms with van der Waals surface area (Å²) in [6, 6.07) is 19.4. The Labute approximate surface area is 179 Å². The maximum absolute atomic E-state index is 12.4. The van der Waals surface area contributed by atoms with E-state index < -0.39 is 0 Å². The van der Waals surface area contributed by atoms with Gasteiger partial charge < -0.3 is 15.4 Å². The van der Waals surface area contributed by atoms with Crippen LogP contribution in [0.1, 0.15) is 16.8 Å². The van der Waals surface area contributed by atoms with E-state index >= 15 is 0 Å². The van der Waals surface area contributed by atoms with E-state index in [2.05, 4.69) is 15.6 Å². The molecule has 31 heavy (non-hydrogen) atoms. The molecule has 4 rings (SSSR count). The zero-order valence-electron chi connectivity index (χ0n) is 17.3. The van der Waals surface area contributed by atoms with Gasteiger partial charge >= 0.3 is 6.03 Å². The number of para-hydroxylation sites is 3. The number of aryl methyl sites for hydroxylation is 2. The van der Waals surface area contributed by atoms with E-state index in [1.165, 1.54) is 10.5 Å². The first kappa shape index (κ1) is 20.2. The van der Waals surface area contributed by atoms with Crippen molar-refractivity contribution < 1.29 is 9.53 Å². The van der Waals surface area contributed by atoms with Gasteiger partial charge in [-0.25, -0.2) is 9.78 Å². The molecule has 2 aromatic carbocycles. The van der Waals surface area contributed by atoms with Crippen molar-refractivity contribution in [3.05, 3.63) is 100 Å². The van der Waals surface area contributed by atoms with Crippen LogP contribution in [-0.2, 0) is 6.61 Å². The fraction of sp³-hybridized carbons (Fsp3) is 0.125. The lowest BCUT2D eigenvalue weighted by Gasteiger charge is -2.14. The highest BCUT2D eigenvalue weighted by molar-refractivity contribution is 6.01. The maximum atomic E-state index is 12.4. The van der Waals surface area contributed by atoms with E-state index in [1.807, 2.05) is 56.3 Å². The van der Waals surface area contributed by atoms with E-state index in [0.717, 1.165) is 16.8 Å². The summed E-state index contributed by atoms with van der Waals surface area (Å²) >= 11 is 0. The monoisotopic (exact) mass is 414 g/mol. The Kier molecular flexibility index (Phi) is 5.66. The summed E-state index contributed by atoms with van der Waals surface area (Å²) in [4.78, 5) is 29.3. The number of anilines is 2. The van der Waals surface area contributed by atoms with Crippen LogP contribution in [0.15, 0.2) is 77.7 Å². The van der Waals surface area contributed by atoms with Gasteiger partial charge in [-0.3, -0.25) is 9.20 Å². The average Bonchev–Trinajstić information content (AvgIpc) is 2.74. The van der Waals surface area contributed by atoms with Crippen LogP contribution >= 0.6 is 0 Å². The molecule has 0 saturated carbocycles. The molecular weight excluding hydrogens is 392 g/mol. The van der Waals surface area contributed by atoms with Crippen molar-refractivity contribution in [3.8, 4) is 5.75 Å². The fourth-order valence-corrected chi connectivity index (χ4v) is 3.16. The van der Waals surface area contributed by atoms with Crippen LogP contribution in [0.4, 0.5) is 16.2 Å². The molecule has 0 atom stereocenters. The van der Waals surface area contributed by atoms with Gasteiger partial charge in [0.25, 0.3) is 5.56 Å². The van der Waals surface area contributed by atoms with Crippen molar-refractivity contribution in [1.29, 1.82) is 0 Å². The minimum atomic E-state index is -0.372. The molecule has 0 spiro atoms. The Morgan fingerprint density at radius 1 is 0.968 bits per heavy atom. The third kappa shape index (κ3) is 4.72. The number of aromatic nitrogens is 2. The molecule has 7 heteroatoms. The maximum Gasteiger partial charge on any atom is 0.323 e. The lowest BCUT2D eigenvalue weighted by Crippen LogP contribution is -2.20. The minimum absolute atomic E-state index is 0.0950. The predicted octanol–water partition coefficient (Wildman–Crippen LogP) is 4.53. The number of fused-ring (bicyclic) bond motifs is 1. The number of ether oxygens (including phenoxy) is 1. The van der Waals surface area contributed by atoms with Crippen molar-refractivity contribution in [3.63, 3.8) is 0 Å². The quantitative estimate of drug-likeness (QED) is 0.502. The standard InChI is InChI=1S/C24H22N4O3/c1-16-11-12-28-22(13-16)25-18(14-23(28)29)15-31-21-10-6-5-9-20(21)27-24(30)26-19-8-4-3-7-17(19)2/h3-14H,15H2,1-2H3,(H2,26,27,30). The molecule has 4 aromatic rings. The van der Waals surface area contributed by atoms with Crippen molar-refractivity contribution in [2.45, 2.75) is 20.5 Å². The Morgan fingerprint density at radius 2 is 1.68 bits per heavy atom. The number of hydrogen-bond donors (Lipinski definition) is 2. The van der Waals surface area contributed by atoms with Crippen LogP contribution in [0.3, 0.4) is 0 Å². The van der Waals surface area contributed by atoms with Gasteiger partial charge in [-0.1, -0.05) is 30.3 Å². The van der Waals surface area contributed by atoms with Gasteiger partial charge in [0.1, 0.15) is 18.0 Å². The molecule has 0 aliphatic carbocycles. The summed E-state index contributed by atoms with van der Waals surface area (Å²) in [6.45, 7) is 3.96. The number of nitrogens with zero attached hydrogens (tertiary/aromatic N) is 2. The van der Waals surface area contributed by atoms with Crippen molar-refractivity contribution in [2.75, 3.05) is 10.6 Å². The van der Waals surface area contributed by atoms with E-state index in [9.17, 15) is 9.59 Å². The first-order valence-corrected chi connectivity index (χ1v) is 9.84. The number of urea groups is 1. The number of benzene rings is 2. The molecule has 0 aliphatic heterocycles. The summed E-state index contributed by atoms with van der Waals surface area (Å²) in [5.74, 6) is 0.480. The Hall–Kier alpha value is -4.13. The van der Waals surface area contributed by atoms with Crippen molar-refractivity contribution in [2.24, 2.45) is 0 Å². The summed E-state index contributed by atoms with van der Waals surface area (Å²) in [5.41, 5.74) is 4.12. The number of carbonyl (C=O) groups is 1. The third-order valence-electron chi connectivity index (χ3n) is 4.78. The van der Waals surface area contributed by atoms with Crippen LogP contribution in [0, 0.1) is 13.8 Å². The minimum Gasteiger partial charge on any atom is -0.485 e. The highest BCUT2D eigenvalue weighted by Crippen LogP contribution is 2.25. The Morgan fingerprint density at radius 3 is 2.48 bits per heavy atom. The first-order chi connectivity index (χ1) is 15.0. The molecule has 0 bridgehead atoms. The second-order valence-electron chi connectivity index (χ2n) is 7.20. The smallest absolute Gasteiger partial charge is 0.323 e. The number of rotatable bonds is 5. The van der Waals surface area contributed by atoms with Gasteiger partial charge in [0.05, 0.1) is 11.4 Å². The Balaban J connectivity index is 1.49. The molecule has 2 N–H and O–H groups in total. The lowest BCUT2D eigenvalue weighted by atomic mass is 10.2. The molecule has 2 heterocycles. The van der Waals surface area contributed by atoms with E-state index in [1.54, 1.807) is 24.4 Å². The van der Waals surface area contributed by atoms with Gasteiger partial charge in [-0.2, -0.15) is 0 Å². The molecule has 0 aliphatic rings. The van der Waals surface area contributed by atoms with Crippen molar-refractivity contribution >= 4 is 23.1 Å². The predicted molar refractivity (Wildman–Crippen MR) is 121 cm³/mol. The summed E-state index contributed by atoms with van der Waals surface area (Å²) in [7, 11) is 0. The fourth-order valence-electron chi connectivity index (χ4n) is 3.16. The highest BCUT2D eigenvalue weighted by Gasteiger charge is 2.10. The lowest BCUT2D eigenvalue weighted by molar-refractivity contribution is 0.261. The molecule has 2 aromatic heterocycles.